The summed E-state index contributed by atoms with van der Waals surface area (Å²) in [4.78, 5) is 10.0. The van der Waals surface area contributed by atoms with Gasteiger partial charge in [-0.15, -0.1) is 0 Å². The van der Waals surface area contributed by atoms with Crippen molar-refractivity contribution in [2.75, 3.05) is 0 Å². The van der Waals surface area contributed by atoms with E-state index in [9.17, 15) is 0 Å². The molecular weight excluding hydrogens is 702 g/mol. The highest BCUT2D eigenvalue weighted by molar-refractivity contribution is 6.37. The molecular formula is C48H24ClN3O3. The second-order valence-electron chi connectivity index (χ2n) is 14.2. The highest BCUT2D eigenvalue weighted by atomic mass is 35.5. The first-order valence-corrected chi connectivity index (χ1v) is 18.5. The molecule has 0 N–H and O–H groups in total. The van der Waals surface area contributed by atoms with E-state index in [0.717, 1.165) is 104 Å². The Hall–Kier alpha value is -7.15. The minimum Gasteiger partial charge on any atom is -0.456 e. The lowest BCUT2D eigenvalue weighted by Crippen LogP contribution is -2.01. The summed E-state index contributed by atoms with van der Waals surface area (Å²) in [5.41, 5.74) is 9.10. The highest BCUT2D eigenvalue weighted by Gasteiger charge is 2.26. The molecule has 6 nitrogen and oxygen atoms in total. The average molecular weight is 726 g/mol. The van der Waals surface area contributed by atoms with Crippen molar-refractivity contribution >= 4 is 121 Å². The lowest BCUT2D eigenvalue weighted by Gasteiger charge is -2.11. The van der Waals surface area contributed by atoms with Crippen LogP contribution in [0.3, 0.4) is 0 Å². The summed E-state index contributed by atoms with van der Waals surface area (Å²) in [6, 6.07) is 50.5. The Bertz CT molecular complexity index is 3810. The Balaban J connectivity index is 1.21. The van der Waals surface area contributed by atoms with Crippen LogP contribution in [-0.4, -0.2) is 14.5 Å². The molecule has 0 aliphatic heterocycles. The summed E-state index contributed by atoms with van der Waals surface area (Å²) >= 11 is 7.13. The molecule has 5 heterocycles. The van der Waals surface area contributed by atoms with E-state index < -0.39 is 0 Å². The second-order valence-corrected chi connectivity index (χ2v) is 14.6. The van der Waals surface area contributed by atoms with Crippen molar-refractivity contribution < 1.29 is 13.3 Å². The van der Waals surface area contributed by atoms with Crippen LogP contribution in [0.15, 0.2) is 159 Å². The fourth-order valence-corrected chi connectivity index (χ4v) is 9.06. The van der Waals surface area contributed by atoms with Gasteiger partial charge >= 0.3 is 0 Å². The minimum absolute atomic E-state index is 0.235. The molecule has 0 aliphatic carbocycles. The normalized spacial score (nSPS) is 12.5. The van der Waals surface area contributed by atoms with Crippen LogP contribution < -0.4 is 0 Å². The van der Waals surface area contributed by atoms with Gasteiger partial charge in [-0.05, 0) is 87.3 Å². The van der Waals surface area contributed by atoms with Crippen molar-refractivity contribution in [3.63, 3.8) is 0 Å². The standard InChI is InChI=1S/C48H24ClN3O3/c49-46-47(50-43-32-13-5-8-16-38(32)55-48(43)51-46)52-36-14-6-3-12-31(36)41-34-22-27(28-18-20-39-33(21-28)29-11-4-7-15-37(29)53-39)17-19-30(34)42-35-23-25-9-1-2-10-26(25)24-40(35)54-45(42)44(41)52/h1-24H. The van der Waals surface area contributed by atoms with Crippen molar-refractivity contribution in [3.05, 3.63) is 151 Å². The largest absolute Gasteiger partial charge is 0.456 e. The third kappa shape index (κ3) is 3.93. The fraction of sp³-hybridized carbons (Fsp3) is 0. The first-order valence-electron chi connectivity index (χ1n) is 18.2. The summed E-state index contributed by atoms with van der Waals surface area (Å²) < 4.78 is 21.4. The molecule has 0 amide bonds. The molecule has 13 aromatic rings. The number of furan rings is 3. The monoisotopic (exact) mass is 725 g/mol. The summed E-state index contributed by atoms with van der Waals surface area (Å²) in [6.07, 6.45) is 0. The predicted octanol–water partition coefficient (Wildman–Crippen LogP) is 13.9. The van der Waals surface area contributed by atoms with Gasteiger partial charge in [0.25, 0.3) is 0 Å². The summed E-state index contributed by atoms with van der Waals surface area (Å²) in [5, 5.41) is 12.0. The van der Waals surface area contributed by atoms with E-state index in [1.54, 1.807) is 0 Å². The molecule has 0 radical (unpaired) electrons. The van der Waals surface area contributed by atoms with Gasteiger partial charge in [-0.2, -0.15) is 4.98 Å². The van der Waals surface area contributed by atoms with Gasteiger partial charge in [-0.25, -0.2) is 4.98 Å². The van der Waals surface area contributed by atoms with Crippen LogP contribution in [0.25, 0.3) is 126 Å². The van der Waals surface area contributed by atoms with Crippen molar-refractivity contribution in [3.8, 4) is 16.9 Å². The quantitative estimate of drug-likeness (QED) is 0.177. The fourth-order valence-electron chi connectivity index (χ4n) is 8.85. The van der Waals surface area contributed by atoms with Gasteiger partial charge < -0.3 is 13.3 Å². The molecule has 0 bridgehead atoms. The number of para-hydroxylation sites is 3. The number of nitrogens with zero attached hydrogens (tertiary/aromatic N) is 3. The lowest BCUT2D eigenvalue weighted by atomic mass is 9.94. The summed E-state index contributed by atoms with van der Waals surface area (Å²) in [5.74, 6) is 0.506. The molecule has 7 heteroatoms. The van der Waals surface area contributed by atoms with Gasteiger partial charge in [0, 0.05) is 37.7 Å². The van der Waals surface area contributed by atoms with E-state index in [4.69, 9.17) is 34.8 Å². The zero-order chi connectivity index (χ0) is 35.9. The number of halogens is 1. The molecule has 8 aromatic carbocycles. The number of aromatic nitrogens is 3. The van der Waals surface area contributed by atoms with E-state index >= 15 is 0 Å². The number of fused-ring (bicyclic) bond motifs is 17. The first-order chi connectivity index (χ1) is 27.2. The Morgan fingerprint density at radius 1 is 0.455 bits per heavy atom. The molecule has 0 atom stereocenters. The van der Waals surface area contributed by atoms with Crippen LogP contribution in [0.2, 0.25) is 5.15 Å². The van der Waals surface area contributed by atoms with Crippen molar-refractivity contribution in [1.29, 1.82) is 0 Å². The number of rotatable bonds is 2. The van der Waals surface area contributed by atoms with Gasteiger partial charge in [0.1, 0.15) is 27.8 Å². The van der Waals surface area contributed by atoms with Crippen LogP contribution in [0.5, 0.6) is 0 Å². The van der Waals surface area contributed by atoms with Gasteiger partial charge in [-0.1, -0.05) is 103 Å². The van der Waals surface area contributed by atoms with E-state index in [1.165, 1.54) is 0 Å². The van der Waals surface area contributed by atoms with Crippen LogP contribution in [0.1, 0.15) is 0 Å². The maximum atomic E-state index is 7.13. The third-order valence-electron chi connectivity index (χ3n) is 11.3. The van der Waals surface area contributed by atoms with Gasteiger partial charge in [-0.3, -0.25) is 4.57 Å². The molecule has 0 saturated carbocycles. The van der Waals surface area contributed by atoms with Crippen LogP contribution >= 0.6 is 11.6 Å². The molecule has 0 spiro atoms. The zero-order valence-electron chi connectivity index (χ0n) is 28.8. The number of benzene rings is 8. The topological polar surface area (TPSA) is 70.1 Å². The predicted molar refractivity (Wildman–Crippen MR) is 224 cm³/mol. The van der Waals surface area contributed by atoms with E-state index in [-0.39, 0.29) is 5.15 Å². The van der Waals surface area contributed by atoms with Crippen molar-refractivity contribution in [2.24, 2.45) is 0 Å². The Kier molecular flexibility index (Phi) is 5.60. The SMILES string of the molecule is Clc1nc2oc3ccccc3c2nc1-n1c2ccccc2c2c3cc(-c4ccc5oc6ccccc6c5c4)ccc3c3c4cc5ccccc5cc4oc3c21. The smallest absolute Gasteiger partial charge is 0.247 e. The molecule has 5 aromatic heterocycles. The second kappa shape index (κ2) is 10.5. The number of hydrogen-bond acceptors (Lipinski definition) is 5. The third-order valence-corrected chi connectivity index (χ3v) is 11.5. The van der Waals surface area contributed by atoms with Gasteiger partial charge in [0.2, 0.25) is 5.71 Å². The first kappa shape index (κ1) is 29.3. The van der Waals surface area contributed by atoms with E-state index in [1.807, 2.05) is 42.5 Å². The molecule has 55 heavy (non-hydrogen) atoms. The maximum absolute atomic E-state index is 7.13. The van der Waals surface area contributed by atoms with Crippen LogP contribution in [0.4, 0.5) is 0 Å². The molecule has 0 fully saturated rings. The Morgan fingerprint density at radius 2 is 1.13 bits per heavy atom. The lowest BCUT2D eigenvalue weighted by molar-refractivity contribution is 0.652. The maximum Gasteiger partial charge on any atom is 0.247 e. The molecule has 0 saturated heterocycles. The highest BCUT2D eigenvalue weighted by Crippen LogP contribution is 2.48. The van der Waals surface area contributed by atoms with Crippen molar-refractivity contribution in [2.45, 2.75) is 0 Å². The molecule has 256 valence electrons. The summed E-state index contributed by atoms with van der Waals surface area (Å²) in [6.45, 7) is 0. The zero-order valence-corrected chi connectivity index (χ0v) is 29.6. The number of hydrogen-bond donors (Lipinski definition) is 0. The van der Waals surface area contributed by atoms with Crippen LogP contribution in [0, 0.1) is 0 Å². The molecule has 0 aliphatic rings. The Labute approximate surface area is 315 Å². The molecule has 0 unspecified atom stereocenters. The average Bonchev–Trinajstić information content (AvgIpc) is 3.98. The molecule has 13 rings (SSSR count). The van der Waals surface area contributed by atoms with Crippen LogP contribution in [-0.2, 0) is 0 Å². The van der Waals surface area contributed by atoms with E-state index in [2.05, 4.69) is 108 Å². The van der Waals surface area contributed by atoms with Gasteiger partial charge in [0.05, 0.1) is 11.0 Å². The summed E-state index contributed by atoms with van der Waals surface area (Å²) in [7, 11) is 0. The minimum atomic E-state index is 0.235. The van der Waals surface area contributed by atoms with Crippen molar-refractivity contribution in [1.82, 2.24) is 14.5 Å². The van der Waals surface area contributed by atoms with Gasteiger partial charge in [0.15, 0.2) is 16.6 Å². The Morgan fingerprint density at radius 3 is 1.98 bits per heavy atom. The van der Waals surface area contributed by atoms with E-state index in [0.29, 0.717) is 22.6 Å².